The number of hydrogen-bond acceptors (Lipinski definition) is 5. The van der Waals surface area contributed by atoms with Crippen LogP contribution in [-0.2, 0) is 0 Å². The lowest BCUT2D eigenvalue weighted by atomic mass is 9.83. The number of aliphatic hydroxyl groups is 1. The summed E-state index contributed by atoms with van der Waals surface area (Å²) in [6.45, 7) is 31.4. The molecule has 1 rings (SSSR count). The van der Waals surface area contributed by atoms with Gasteiger partial charge in [-0.25, -0.2) is 0 Å². The minimum absolute atomic E-state index is 0.00768. The summed E-state index contributed by atoms with van der Waals surface area (Å²) >= 11 is 4.13. The van der Waals surface area contributed by atoms with Crippen molar-refractivity contribution in [2.24, 2.45) is 28.2 Å². The maximum atomic E-state index is 9.84. The molecule has 0 saturated heterocycles. The monoisotopic (exact) mass is 570 g/mol. The van der Waals surface area contributed by atoms with Crippen molar-refractivity contribution in [3.63, 3.8) is 0 Å². The third-order valence-electron chi connectivity index (χ3n) is 7.11. The van der Waals surface area contributed by atoms with Gasteiger partial charge in [-0.3, -0.25) is 4.99 Å². The molecule has 1 fully saturated rings. The molecule has 1 aliphatic rings. The number of aliphatic hydroxyl groups excluding tert-OH is 1. The Labute approximate surface area is 240 Å². The van der Waals surface area contributed by atoms with Gasteiger partial charge in [0.05, 0.1) is 17.2 Å². The lowest BCUT2D eigenvalue weighted by molar-refractivity contribution is 0.325. The summed E-state index contributed by atoms with van der Waals surface area (Å²) in [6.07, 6.45) is 5.99. The standard InChI is InChI=1S/C31H59N2OPS2/c1-13-14-29(37-20-28(26-16-23(26)3)33-31(9,10)11)36-19-27(24(4)17-34)32-21-35(12)18-22(2)15-25(5)30(6,7)8/h21-23,26-29,33-34H,4-5,13-20H2,1-3,6-12H3. The lowest BCUT2D eigenvalue weighted by Crippen LogP contribution is -2.46. The van der Waals surface area contributed by atoms with Crippen LogP contribution >= 0.6 is 31.4 Å². The molecule has 216 valence electrons. The van der Waals surface area contributed by atoms with E-state index in [1.807, 2.05) is 11.8 Å². The van der Waals surface area contributed by atoms with Gasteiger partial charge in [-0.1, -0.05) is 74.6 Å². The third kappa shape index (κ3) is 15.0. The van der Waals surface area contributed by atoms with E-state index < -0.39 is 0 Å². The molecule has 37 heavy (non-hydrogen) atoms. The number of hydrogen-bond donors (Lipinski definition) is 2. The van der Waals surface area contributed by atoms with Gasteiger partial charge in [0.15, 0.2) is 0 Å². The van der Waals surface area contributed by atoms with Crippen molar-refractivity contribution in [1.82, 2.24) is 5.32 Å². The fourth-order valence-corrected chi connectivity index (χ4v) is 9.22. The van der Waals surface area contributed by atoms with E-state index in [1.165, 1.54) is 24.8 Å². The molecule has 0 radical (unpaired) electrons. The average molecular weight is 571 g/mol. The molecule has 0 aromatic heterocycles. The first-order valence-electron chi connectivity index (χ1n) is 14.3. The van der Waals surface area contributed by atoms with Crippen LogP contribution < -0.4 is 5.32 Å². The van der Waals surface area contributed by atoms with Gasteiger partial charge in [0, 0.05) is 29.0 Å². The van der Waals surface area contributed by atoms with E-state index >= 15 is 0 Å². The fourth-order valence-electron chi connectivity index (χ4n) is 4.50. The van der Waals surface area contributed by atoms with Crippen molar-refractivity contribution in [2.45, 2.75) is 110 Å². The maximum Gasteiger partial charge on any atom is 0.0819 e. The molecule has 0 spiro atoms. The minimum Gasteiger partial charge on any atom is -0.392 e. The van der Waals surface area contributed by atoms with Crippen molar-refractivity contribution in [2.75, 3.05) is 30.9 Å². The number of nitrogens with zero attached hydrogens (tertiary/aromatic N) is 1. The fraction of sp³-hybridized carbons (Fsp3) is 0.839. The number of allylic oxidation sites excluding steroid dienone is 1. The van der Waals surface area contributed by atoms with E-state index in [9.17, 15) is 5.11 Å². The molecule has 1 saturated carbocycles. The van der Waals surface area contributed by atoms with Gasteiger partial charge in [0.1, 0.15) is 0 Å². The Kier molecular flexibility index (Phi) is 15.7. The van der Waals surface area contributed by atoms with Crippen LogP contribution in [0.4, 0.5) is 0 Å². The number of thioether (sulfide) groups is 2. The summed E-state index contributed by atoms with van der Waals surface area (Å²) < 4.78 is 0.555. The van der Waals surface area contributed by atoms with Crippen LogP contribution in [0.3, 0.4) is 0 Å². The average Bonchev–Trinajstić information content (AvgIpc) is 3.50. The Balaban J connectivity index is 2.69. The first-order valence-corrected chi connectivity index (χ1v) is 18.4. The molecule has 6 heteroatoms. The quantitative estimate of drug-likeness (QED) is 0.0749. The molecular formula is C31H59N2OPS2. The van der Waals surface area contributed by atoms with E-state index in [0.29, 0.717) is 16.5 Å². The minimum atomic E-state index is -0.293. The van der Waals surface area contributed by atoms with Gasteiger partial charge in [-0.2, -0.15) is 0 Å². The second kappa shape index (κ2) is 16.5. The summed E-state index contributed by atoms with van der Waals surface area (Å²) in [5, 5.41) is 13.7. The Morgan fingerprint density at radius 2 is 1.76 bits per heavy atom. The van der Waals surface area contributed by atoms with Gasteiger partial charge in [-0.15, -0.1) is 23.5 Å². The summed E-state index contributed by atoms with van der Waals surface area (Å²) in [4.78, 5) is 4.98. The van der Waals surface area contributed by atoms with E-state index in [-0.39, 0.29) is 31.5 Å². The largest absolute Gasteiger partial charge is 0.392 e. The van der Waals surface area contributed by atoms with Crippen LogP contribution in [0.5, 0.6) is 0 Å². The zero-order valence-corrected chi connectivity index (χ0v) is 28.3. The van der Waals surface area contributed by atoms with Crippen molar-refractivity contribution in [1.29, 1.82) is 0 Å². The molecule has 3 nitrogen and oxygen atoms in total. The predicted molar refractivity (Wildman–Crippen MR) is 176 cm³/mol. The summed E-state index contributed by atoms with van der Waals surface area (Å²) in [5.74, 6) is 6.51. The molecule has 7 unspecified atom stereocenters. The summed E-state index contributed by atoms with van der Waals surface area (Å²) in [6, 6.07) is 0.577. The van der Waals surface area contributed by atoms with Crippen molar-refractivity contribution in [3.05, 3.63) is 24.3 Å². The van der Waals surface area contributed by atoms with Crippen LogP contribution in [0.1, 0.15) is 88.0 Å². The van der Waals surface area contributed by atoms with E-state index in [1.54, 1.807) is 0 Å². The SMILES string of the molecule is C=C(CO)C(CSC(CCC)SCC(NC(C)(C)C)C1CC1C)N=CP(C)CC(C)CC(=C)C(C)(C)C. The highest BCUT2D eigenvalue weighted by molar-refractivity contribution is 8.17. The molecule has 0 aliphatic heterocycles. The Hall–Kier alpha value is 0.200. The third-order valence-corrected chi connectivity index (χ3v) is 11.9. The van der Waals surface area contributed by atoms with Crippen molar-refractivity contribution < 1.29 is 5.11 Å². The van der Waals surface area contributed by atoms with E-state index in [4.69, 9.17) is 4.99 Å². The first kappa shape index (κ1) is 35.2. The Bertz CT molecular complexity index is 728. The second-order valence-electron chi connectivity index (χ2n) is 13.5. The van der Waals surface area contributed by atoms with Crippen LogP contribution in [0.25, 0.3) is 0 Å². The first-order chi connectivity index (χ1) is 17.1. The van der Waals surface area contributed by atoms with Gasteiger partial charge in [-0.05, 0) is 81.6 Å². The maximum absolute atomic E-state index is 9.84. The normalized spacial score (nSPS) is 22.5. The van der Waals surface area contributed by atoms with Gasteiger partial charge < -0.3 is 10.4 Å². The molecule has 0 bridgehead atoms. The molecule has 2 N–H and O–H groups in total. The number of nitrogens with one attached hydrogen (secondary N) is 1. The second-order valence-corrected chi connectivity index (χ2v) is 18.3. The Morgan fingerprint density at radius 3 is 2.24 bits per heavy atom. The predicted octanol–water partition coefficient (Wildman–Crippen LogP) is 8.68. The highest BCUT2D eigenvalue weighted by atomic mass is 32.2. The van der Waals surface area contributed by atoms with Crippen molar-refractivity contribution in [3.8, 4) is 0 Å². The highest BCUT2D eigenvalue weighted by Gasteiger charge is 2.40. The zero-order chi connectivity index (χ0) is 28.4. The van der Waals surface area contributed by atoms with Crippen LogP contribution in [0.15, 0.2) is 29.3 Å². The summed E-state index contributed by atoms with van der Waals surface area (Å²) in [7, 11) is -0.293. The molecule has 0 aromatic carbocycles. The highest BCUT2D eigenvalue weighted by Crippen LogP contribution is 2.43. The molecule has 0 heterocycles. The van der Waals surface area contributed by atoms with Crippen LogP contribution in [0.2, 0.25) is 0 Å². The lowest BCUT2D eigenvalue weighted by Gasteiger charge is -2.30. The van der Waals surface area contributed by atoms with Gasteiger partial charge in [0.2, 0.25) is 0 Å². The smallest absolute Gasteiger partial charge is 0.0819 e. The molecule has 0 amide bonds. The van der Waals surface area contributed by atoms with Gasteiger partial charge >= 0.3 is 0 Å². The molecule has 0 aromatic rings. The number of aliphatic imine (C=N–C) groups is 1. The van der Waals surface area contributed by atoms with Crippen LogP contribution in [-0.4, -0.2) is 64.2 Å². The summed E-state index contributed by atoms with van der Waals surface area (Å²) in [5.41, 5.74) is 2.49. The van der Waals surface area contributed by atoms with E-state index in [2.05, 4.69) is 105 Å². The molecular weight excluding hydrogens is 511 g/mol. The van der Waals surface area contributed by atoms with Gasteiger partial charge in [0.25, 0.3) is 0 Å². The zero-order valence-electron chi connectivity index (χ0n) is 25.8. The molecule has 7 atom stereocenters. The Morgan fingerprint density at radius 1 is 1.16 bits per heavy atom. The van der Waals surface area contributed by atoms with Crippen molar-refractivity contribution >= 4 is 37.4 Å². The number of rotatable bonds is 18. The van der Waals surface area contributed by atoms with Crippen LogP contribution in [0, 0.1) is 23.2 Å². The topological polar surface area (TPSA) is 44.6 Å². The molecule has 1 aliphatic carbocycles. The van der Waals surface area contributed by atoms with E-state index in [0.717, 1.165) is 41.5 Å².